The van der Waals surface area contributed by atoms with Crippen molar-refractivity contribution in [3.8, 4) is 11.8 Å². The van der Waals surface area contributed by atoms with Crippen molar-refractivity contribution in [1.29, 1.82) is 0 Å². The Bertz CT molecular complexity index is 595. The van der Waals surface area contributed by atoms with Crippen LogP contribution in [0.3, 0.4) is 0 Å². The fourth-order valence-electron chi connectivity index (χ4n) is 2.52. The summed E-state index contributed by atoms with van der Waals surface area (Å²) in [5.74, 6) is 6.40. The molecule has 0 spiro atoms. The number of hydrogen-bond donors (Lipinski definition) is 0. The van der Waals surface area contributed by atoms with E-state index in [4.69, 9.17) is 4.74 Å². The Labute approximate surface area is 133 Å². The Balaban J connectivity index is 2.11. The number of unbranched alkanes of at least 4 members (excludes halogenated alkanes) is 4. The van der Waals surface area contributed by atoms with Crippen LogP contribution in [0.2, 0.25) is 0 Å². The first-order valence-electron chi connectivity index (χ1n) is 7.90. The Kier molecular flexibility index (Phi) is 6.09. The molecule has 22 heavy (non-hydrogen) atoms. The summed E-state index contributed by atoms with van der Waals surface area (Å²) in [5.41, 5.74) is 1.86. The van der Waals surface area contributed by atoms with Crippen molar-refractivity contribution in [3.05, 3.63) is 35.9 Å². The lowest BCUT2D eigenvalue weighted by molar-refractivity contribution is 0.178. The van der Waals surface area contributed by atoms with Crippen LogP contribution in [0.1, 0.15) is 44.6 Å². The molecule has 0 aromatic heterocycles. The van der Waals surface area contributed by atoms with Crippen molar-refractivity contribution < 1.29 is 9.53 Å². The SMILES string of the molecule is CCCCCCC#CC1C=Cc2ccccc2N1C(=O)OC. The van der Waals surface area contributed by atoms with Crippen LogP contribution in [0.15, 0.2) is 30.3 Å². The predicted octanol–water partition coefficient (Wildman–Crippen LogP) is 4.63. The molecule has 0 saturated carbocycles. The molecule has 1 aromatic carbocycles. The molecular weight excluding hydrogens is 274 g/mol. The average Bonchev–Trinajstić information content (AvgIpc) is 2.56. The van der Waals surface area contributed by atoms with E-state index in [2.05, 4.69) is 18.8 Å². The zero-order chi connectivity index (χ0) is 15.8. The number of anilines is 1. The molecule has 0 saturated heterocycles. The molecule has 0 fully saturated rings. The van der Waals surface area contributed by atoms with Gasteiger partial charge in [0, 0.05) is 6.42 Å². The summed E-state index contributed by atoms with van der Waals surface area (Å²) < 4.78 is 4.92. The number of fused-ring (bicyclic) bond motifs is 1. The first-order valence-corrected chi connectivity index (χ1v) is 7.90. The number of ether oxygens (including phenoxy) is 1. The molecule has 3 nitrogen and oxygen atoms in total. The molecule has 1 aromatic rings. The highest BCUT2D eigenvalue weighted by molar-refractivity contribution is 5.94. The Hall–Kier alpha value is -2.21. The molecule has 1 aliphatic rings. The maximum Gasteiger partial charge on any atom is 0.415 e. The highest BCUT2D eigenvalue weighted by atomic mass is 16.5. The van der Waals surface area contributed by atoms with Gasteiger partial charge in [0.05, 0.1) is 12.8 Å². The minimum Gasteiger partial charge on any atom is -0.452 e. The molecule has 1 atom stereocenters. The lowest BCUT2D eigenvalue weighted by atomic mass is 10.0. The number of amides is 1. The van der Waals surface area contributed by atoms with Crippen molar-refractivity contribution in [1.82, 2.24) is 0 Å². The number of rotatable bonds is 4. The number of benzene rings is 1. The molecule has 0 aliphatic carbocycles. The lowest BCUT2D eigenvalue weighted by Gasteiger charge is -2.29. The van der Waals surface area contributed by atoms with Crippen molar-refractivity contribution >= 4 is 17.9 Å². The van der Waals surface area contributed by atoms with Gasteiger partial charge in [-0.2, -0.15) is 0 Å². The molecule has 0 radical (unpaired) electrons. The minimum atomic E-state index is -0.373. The fraction of sp³-hybridized carbons (Fsp3) is 0.421. The second-order valence-corrected chi connectivity index (χ2v) is 5.33. The summed E-state index contributed by atoms with van der Waals surface area (Å²) in [6, 6.07) is 7.53. The molecule has 1 aliphatic heterocycles. The zero-order valence-corrected chi connectivity index (χ0v) is 13.3. The molecule has 1 heterocycles. The normalized spacial score (nSPS) is 15.7. The third kappa shape index (κ3) is 3.92. The van der Waals surface area contributed by atoms with E-state index in [0.29, 0.717) is 0 Å². The van der Waals surface area contributed by atoms with Crippen molar-refractivity contribution in [2.45, 2.75) is 45.1 Å². The summed E-state index contributed by atoms with van der Waals surface area (Å²) in [4.78, 5) is 13.7. The van der Waals surface area contributed by atoms with E-state index < -0.39 is 0 Å². The van der Waals surface area contributed by atoms with Crippen LogP contribution >= 0.6 is 0 Å². The number of para-hydroxylation sites is 1. The van der Waals surface area contributed by atoms with Crippen LogP contribution in [0.4, 0.5) is 10.5 Å². The van der Waals surface area contributed by atoms with Gasteiger partial charge >= 0.3 is 6.09 Å². The van der Waals surface area contributed by atoms with Gasteiger partial charge in [-0.25, -0.2) is 4.79 Å². The van der Waals surface area contributed by atoms with E-state index in [-0.39, 0.29) is 12.1 Å². The maximum atomic E-state index is 12.1. The third-order valence-electron chi connectivity index (χ3n) is 3.71. The monoisotopic (exact) mass is 297 g/mol. The number of carbonyl (C=O) groups excluding carboxylic acids is 1. The van der Waals surface area contributed by atoms with Crippen LogP contribution in [0.5, 0.6) is 0 Å². The Morgan fingerprint density at radius 2 is 2.09 bits per heavy atom. The average molecular weight is 297 g/mol. The van der Waals surface area contributed by atoms with E-state index >= 15 is 0 Å². The molecule has 1 unspecified atom stereocenters. The third-order valence-corrected chi connectivity index (χ3v) is 3.71. The van der Waals surface area contributed by atoms with E-state index in [1.54, 1.807) is 4.90 Å². The van der Waals surface area contributed by atoms with Crippen LogP contribution in [-0.2, 0) is 4.74 Å². The standard InChI is InChI=1S/C19H23NO2/c1-3-4-5-6-7-8-12-17-15-14-16-11-9-10-13-18(16)20(17)19(21)22-2/h9-11,13-15,17H,3-7H2,1-2H3. The van der Waals surface area contributed by atoms with Crippen molar-refractivity contribution in [2.24, 2.45) is 0 Å². The second-order valence-electron chi connectivity index (χ2n) is 5.33. The first-order chi connectivity index (χ1) is 10.8. The summed E-state index contributed by atoms with van der Waals surface area (Å²) in [5, 5.41) is 0. The van der Waals surface area contributed by atoms with Crippen molar-refractivity contribution in [3.63, 3.8) is 0 Å². The summed E-state index contributed by atoms with van der Waals surface area (Å²) >= 11 is 0. The number of hydrogen-bond acceptors (Lipinski definition) is 2. The molecule has 2 rings (SSSR count). The molecule has 3 heteroatoms. The predicted molar refractivity (Wildman–Crippen MR) is 90.7 cm³/mol. The highest BCUT2D eigenvalue weighted by Gasteiger charge is 2.27. The molecule has 116 valence electrons. The second kappa shape index (κ2) is 8.29. The first kappa shape index (κ1) is 16.2. The van der Waals surface area contributed by atoms with Crippen molar-refractivity contribution in [2.75, 3.05) is 12.0 Å². The number of nitrogens with zero attached hydrogens (tertiary/aromatic N) is 1. The van der Waals surface area contributed by atoms with E-state index in [1.165, 1.54) is 26.4 Å². The maximum absolute atomic E-state index is 12.1. The molecule has 0 N–H and O–H groups in total. The topological polar surface area (TPSA) is 29.5 Å². The van der Waals surface area contributed by atoms with Gasteiger partial charge in [-0.05, 0) is 24.1 Å². The van der Waals surface area contributed by atoms with Crippen LogP contribution in [0.25, 0.3) is 6.08 Å². The Morgan fingerprint density at radius 3 is 2.86 bits per heavy atom. The zero-order valence-electron chi connectivity index (χ0n) is 13.3. The minimum absolute atomic E-state index is 0.256. The quantitative estimate of drug-likeness (QED) is 0.599. The largest absolute Gasteiger partial charge is 0.452 e. The van der Waals surface area contributed by atoms with Crippen LogP contribution < -0.4 is 4.90 Å². The van der Waals surface area contributed by atoms with Gasteiger partial charge in [0.2, 0.25) is 0 Å². The van der Waals surface area contributed by atoms with Gasteiger partial charge in [0.25, 0.3) is 0 Å². The van der Waals surface area contributed by atoms with Crippen LogP contribution in [0, 0.1) is 11.8 Å². The smallest absolute Gasteiger partial charge is 0.415 e. The summed E-state index contributed by atoms with van der Waals surface area (Å²) in [7, 11) is 1.40. The lowest BCUT2D eigenvalue weighted by Crippen LogP contribution is -2.40. The molecule has 0 bridgehead atoms. The van der Waals surface area contributed by atoms with Gasteiger partial charge in [0.15, 0.2) is 0 Å². The van der Waals surface area contributed by atoms with Crippen LogP contribution in [-0.4, -0.2) is 19.2 Å². The van der Waals surface area contributed by atoms with Gasteiger partial charge < -0.3 is 4.74 Å². The molecule has 1 amide bonds. The highest BCUT2D eigenvalue weighted by Crippen LogP contribution is 2.29. The van der Waals surface area contributed by atoms with Gasteiger partial charge in [0.1, 0.15) is 6.04 Å². The Morgan fingerprint density at radius 1 is 1.27 bits per heavy atom. The van der Waals surface area contributed by atoms with Gasteiger partial charge in [-0.15, -0.1) is 5.92 Å². The fourth-order valence-corrected chi connectivity index (χ4v) is 2.52. The van der Waals surface area contributed by atoms with E-state index in [0.717, 1.165) is 24.1 Å². The number of carbonyl (C=O) groups is 1. The summed E-state index contributed by atoms with van der Waals surface area (Å²) in [6.45, 7) is 2.20. The van der Waals surface area contributed by atoms with E-state index in [9.17, 15) is 4.79 Å². The van der Waals surface area contributed by atoms with Gasteiger partial charge in [-0.1, -0.05) is 56.4 Å². The summed E-state index contributed by atoms with van der Waals surface area (Å²) in [6.07, 6.45) is 9.30. The molecular formula is C19H23NO2. The van der Waals surface area contributed by atoms with Gasteiger partial charge in [-0.3, -0.25) is 4.90 Å². The number of methoxy groups -OCH3 is 1. The van der Waals surface area contributed by atoms with E-state index in [1.807, 2.05) is 36.4 Å².